The average molecular weight is 262 g/mol. The van der Waals surface area contributed by atoms with E-state index in [4.69, 9.17) is 4.74 Å². The molecule has 4 nitrogen and oxygen atoms in total. The number of para-hydroxylation sites is 1. The summed E-state index contributed by atoms with van der Waals surface area (Å²) in [6, 6.07) is 7.99. The Morgan fingerprint density at radius 2 is 2.16 bits per heavy atom. The molecule has 1 saturated heterocycles. The van der Waals surface area contributed by atoms with Crippen molar-refractivity contribution < 1.29 is 9.53 Å². The smallest absolute Gasteiger partial charge is 0.180 e. The zero-order chi connectivity index (χ0) is 13.8. The molecule has 0 bridgehead atoms. The minimum absolute atomic E-state index is 0.136. The van der Waals surface area contributed by atoms with Crippen molar-refractivity contribution in [3.8, 4) is 5.75 Å². The number of benzene rings is 1. The number of hydrogen-bond donors (Lipinski definition) is 0. The molecule has 0 saturated carbocycles. The summed E-state index contributed by atoms with van der Waals surface area (Å²) in [4.78, 5) is 16.8. The Morgan fingerprint density at radius 1 is 1.42 bits per heavy atom. The molecule has 2 rings (SSSR count). The maximum Gasteiger partial charge on any atom is 0.180 e. The maximum absolute atomic E-state index is 12.3. The van der Waals surface area contributed by atoms with E-state index < -0.39 is 0 Å². The molecule has 1 aromatic carbocycles. The number of likely N-dealkylation sites (tertiary alicyclic amines) is 1. The Morgan fingerprint density at radius 3 is 2.79 bits per heavy atom. The van der Waals surface area contributed by atoms with Crippen LogP contribution in [0.1, 0.15) is 16.8 Å². The quantitative estimate of drug-likeness (QED) is 0.753. The van der Waals surface area contributed by atoms with E-state index >= 15 is 0 Å². The van der Waals surface area contributed by atoms with Crippen molar-refractivity contribution in [3.05, 3.63) is 29.8 Å². The molecule has 1 aliphatic heterocycles. The summed E-state index contributed by atoms with van der Waals surface area (Å²) in [6.07, 6.45) is 1.13. The van der Waals surface area contributed by atoms with Gasteiger partial charge in [-0.1, -0.05) is 12.1 Å². The minimum Gasteiger partial charge on any atom is -0.496 e. The van der Waals surface area contributed by atoms with Crippen molar-refractivity contribution in [2.45, 2.75) is 12.5 Å². The van der Waals surface area contributed by atoms with Gasteiger partial charge >= 0.3 is 0 Å². The molecule has 0 radical (unpaired) electrons. The van der Waals surface area contributed by atoms with Gasteiger partial charge in [0.1, 0.15) is 5.75 Å². The molecule has 1 aromatic rings. The maximum atomic E-state index is 12.3. The van der Waals surface area contributed by atoms with Gasteiger partial charge in [-0.15, -0.1) is 0 Å². The van der Waals surface area contributed by atoms with Crippen LogP contribution in [-0.4, -0.2) is 62.5 Å². The van der Waals surface area contributed by atoms with E-state index in [1.54, 1.807) is 7.11 Å². The van der Waals surface area contributed by atoms with Crippen LogP contribution in [0.3, 0.4) is 0 Å². The Bertz CT molecular complexity index is 446. The van der Waals surface area contributed by atoms with Crippen molar-refractivity contribution in [1.29, 1.82) is 0 Å². The lowest BCUT2D eigenvalue weighted by Gasteiger charge is -2.20. The highest BCUT2D eigenvalue weighted by atomic mass is 16.5. The van der Waals surface area contributed by atoms with Gasteiger partial charge in [0, 0.05) is 19.1 Å². The van der Waals surface area contributed by atoms with Crippen LogP contribution in [0.25, 0.3) is 0 Å². The standard InChI is InChI=1S/C15H22N2O2/c1-16(2)12-8-9-17(10-12)11-14(18)13-6-4-5-7-15(13)19-3/h4-7,12H,8-11H2,1-3H3. The monoisotopic (exact) mass is 262 g/mol. The highest BCUT2D eigenvalue weighted by Gasteiger charge is 2.26. The molecule has 1 fully saturated rings. The van der Waals surface area contributed by atoms with Gasteiger partial charge in [-0.3, -0.25) is 9.69 Å². The van der Waals surface area contributed by atoms with Gasteiger partial charge in [-0.25, -0.2) is 0 Å². The molecule has 0 aliphatic carbocycles. The van der Waals surface area contributed by atoms with Gasteiger partial charge in [0.2, 0.25) is 0 Å². The minimum atomic E-state index is 0.136. The molecular weight excluding hydrogens is 240 g/mol. The lowest BCUT2D eigenvalue weighted by molar-refractivity contribution is 0.0938. The Labute approximate surface area is 115 Å². The van der Waals surface area contributed by atoms with Crippen molar-refractivity contribution in [2.24, 2.45) is 0 Å². The van der Waals surface area contributed by atoms with E-state index in [-0.39, 0.29) is 5.78 Å². The molecule has 1 aliphatic rings. The fourth-order valence-corrected chi connectivity index (χ4v) is 2.54. The third-order valence-corrected chi connectivity index (χ3v) is 3.75. The van der Waals surface area contributed by atoms with Crippen LogP contribution < -0.4 is 4.74 Å². The molecule has 104 valence electrons. The zero-order valence-electron chi connectivity index (χ0n) is 11.9. The van der Waals surface area contributed by atoms with Crippen molar-refractivity contribution in [3.63, 3.8) is 0 Å². The van der Waals surface area contributed by atoms with Crippen LogP contribution in [0.4, 0.5) is 0 Å². The van der Waals surface area contributed by atoms with Gasteiger partial charge in [0.05, 0.1) is 19.2 Å². The first kappa shape index (κ1) is 14.0. The second-order valence-corrected chi connectivity index (χ2v) is 5.26. The predicted octanol–water partition coefficient (Wildman–Crippen LogP) is 1.51. The summed E-state index contributed by atoms with van der Waals surface area (Å²) in [5.41, 5.74) is 0.679. The van der Waals surface area contributed by atoms with E-state index in [1.165, 1.54) is 0 Å². The highest BCUT2D eigenvalue weighted by molar-refractivity contribution is 6.00. The number of ketones is 1. The van der Waals surface area contributed by atoms with Crippen LogP contribution >= 0.6 is 0 Å². The Balaban J connectivity index is 1.98. The van der Waals surface area contributed by atoms with Crippen LogP contribution in [0.15, 0.2) is 24.3 Å². The van der Waals surface area contributed by atoms with Crippen LogP contribution in [-0.2, 0) is 0 Å². The largest absolute Gasteiger partial charge is 0.496 e. The summed E-state index contributed by atoms with van der Waals surface area (Å²) in [7, 11) is 5.79. The molecule has 0 aromatic heterocycles. The van der Waals surface area contributed by atoms with Gasteiger partial charge < -0.3 is 9.64 Å². The molecule has 19 heavy (non-hydrogen) atoms. The first-order chi connectivity index (χ1) is 9.11. The third kappa shape index (κ3) is 3.33. The van der Waals surface area contributed by atoms with Crippen LogP contribution in [0.2, 0.25) is 0 Å². The highest BCUT2D eigenvalue weighted by Crippen LogP contribution is 2.20. The molecule has 0 spiro atoms. The molecule has 1 atom stereocenters. The molecule has 0 N–H and O–H groups in total. The van der Waals surface area contributed by atoms with Gasteiger partial charge in [-0.05, 0) is 32.6 Å². The molecule has 1 unspecified atom stereocenters. The number of nitrogens with zero attached hydrogens (tertiary/aromatic N) is 2. The van der Waals surface area contributed by atoms with Gasteiger partial charge in [-0.2, -0.15) is 0 Å². The van der Waals surface area contributed by atoms with Gasteiger partial charge in [0.15, 0.2) is 5.78 Å². The first-order valence-electron chi connectivity index (χ1n) is 6.67. The third-order valence-electron chi connectivity index (χ3n) is 3.75. The van der Waals surface area contributed by atoms with E-state index in [9.17, 15) is 4.79 Å². The van der Waals surface area contributed by atoms with Gasteiger partial charge in [0.25, 0.3) is 0 Å². The second-order valence-electron chi connectivity index (χ2n) is 5.26. The number of ether oxygens (including phenoxy) is 1. The topological polar surface area (TPSA) is 32.8 Å². The number of Topliss-reactive ketones (excluding diaryl/α,β-unsaturated/α-hetero) is 1. The van der Waals surface area contributed by atoms with E-state index in [2.05, 4.69) is 23.9 Å². The average Bonchev–Trinajstić information content (AvgIpc) is 2.87. The molecule has 4 heteroatoms. The van der Waals surface area contributed by atoms with E-state index in [1.807, 2.05) is 24.3 Å². The number of carbonyl (C=O) groups excluding carboxylic acids is 1. The number of hydrogen-bond acceptors (Lipinski definition) is 4. The summed E-state index contributed by atoms with van der Waals surface area (Å²) in [5.74, 6) is 0.799. The van der Waals surface area contributed by atoms with Crippen molar-refractivity contribution in [1.82, 2.24) is 9.80 Å². The zero-order valence-corrected chi connectivity index (χ0v) is 11.9. The second kappa shape index (κ2) is 6.17. The summed E-state index contributed by atoms with van der Waals surface area (Å²) >= 11 is 0. The lowest BCUT2D eigenvalue weighted by atomic mass is 10.1. The summed E-state index contributed by atoms with van der Waals surface area (Å²) in [5, 5.41) is 0. The normalized spacial score (nSPS) is 19.9. The summed E-state index contributed by atoms with van der Waals surface area (Å²) < 4.78 is 5.24. The van der Waals surface area contributed by atoms with Crippen LogP contribution in [0, 0.1) is 0 Å². The number of carbonyl (C=O) groups is 1. The molecular formula is C15H22N2O2. The lowest BCUT2D eigenvalue weighted by Crippen LogP contribution is -2.33. The SMILES string of the molecule is COc1ccccc1C(=O)CN1CCC(N(C)C)C1. The Kier molecular flexibility index (Phi) is 4.56. The van der Waals surface area contributed by atoms with E-state index in [0.29, 0.717) is 23.9 Å². The number of rotatable bonds is 5. The number of likely N-dealkylation sites (N-methyl/N-ethyl adjacent to an activating group) is 1. The summed E-state index contributed by atoms with van der Waals surface area (Å²) in [6.45, 7) is 2.43. The first-order valence-corrected chi connectivity index (χ1v) is 6.67. The van der Waals surface area contributed by atoms with Crippen LogP contribution in [0.5, 0.6) is 5.75 Å². The van der Waals surface area contributed by atoms with E-state index in [0.717, 1.165) is 19.5 Å². The Hall–Kier alpha value is -1.39. The molecule has 1 heterocycles. The van der Waals surface area contributed by atoms with Crippen molar-refractivity contribution >= 4 is 5.78 Å². The fraction of sp³-hybridized carbons (Fsp3) is 0.533. The number of methoxy groups -OCH3 is 1. The van der Waals surface area contributed by atoms with Crippen molar-refractivity contribution in [2.75, 3.05) is 40.8 Å². The predicted molar refractivity (Wildman–Crippen MR) is 75.9 cm³/mol. The fourth-order valence-electron chi connectivity index (χ4n) is 2.54. The molecule has 0 amide bonds.